The van der Waals surface area contributed by atoms with Crippen LogP contribution in [0.1, 0.15) is 30.9 Å². The van der Waals surface area contributed by atoms with E-state index in [1.165, 1.54) is 7.11 Å². The molecule has 0 aliphatic carbocycles. The van der Waals surface area contributed by atoms with Gasteiger partial charge in [-0.05, 0) is 49.2 Å². The van der Waals surface area contributed by atoms with Crippen molar-refractivity contribution in [3.63, 3.8) is 0 Å². The Morgan fingerprint density at radius 2 is 1.75 bits per heavy atom. The molecule has 8 heteroatoms. The smallest absolute Gasteiger partial charge is 0.408 e. The third-order valence-corrected chi connectivity index (χ3v) is 5.87. The molecule has 0 radical (unpaired) electrons. The molecule has 0 saturated carbocycles. The summed E-state index contributed by atoms with van der Waals surface area (Å²) >= 11 is 0. The van der Waals surface area contributed by atoms with Crippen molar-refractivity contribution in [2.24, 2.45) is 0 Å². The highest BCUT2D eigenvalue weighted by Crippen LogP contribution is 2.32. The van der Waals surface area contributed by atoms with Crippen LogP contribution in [0, 0.1) is 6.92 Å². The molecule has 1 amide bonds. The summed E-state index contributed by atoms with van der Waals surface area (Å²) in [7, 11) is 1.53. The number of rotatable bonds is 8. The van der Waals surface area contributed by atoms with Crippen molar-refractivity contribution >= 4 is 33.8 Å². The lowest BCUT2D eigenvalue weighted by Crippen LogP contribution is -2.43. The van der Waals surface area contributed by atoms with E-state index in [2.05, 4.69) is 5.32 Å². The van der Waals surface area contributed by atoms with E-state index < -0.39 is 23.7 Å². The van der Waals surface area contributed by atoms with Crippen molar-refractivity contribution in [1.82, 2.24) is 5.32 Å². The highest BCUT2D eigenvalue weighted by Gasteiger charge is 2.24. The van der Waals surface area contributed by atoms with Crippen LogP contribution >= 0.6 is 0 Å². The first-order chi connectivity index (χ1) is 17.4. The highest BCUT2D eigenvalue weighted by molar-refractivity contribution is 6.06. The van der Waals surface area contributed by atoms with E-state index >= 15 is 0 Å². The van der Waals surface area contributed by atoms with Gasteiger partial charge in [0.05, 0.1) is 12.5 Å². The molecule has 1 heterocycles. The number of carbonyl (C=O) groups is 2. The zero-order chi connectivity index (χ0) is 25.7. The Labute approximate surface area is 207 Å². The third kappa shape index (κ3) is 5.33. The molecular weight excluding hydrogens is 462 g/mol. The van der Waals surface area contributed by atoms with Crippen molar-refractivity contribution in [1.29, 1.82) is 0 Å². The van der Waals surface area contributed by atoms with Crippen LogP contribution in [-0.2, 0) is 16.1 Å². The first-order valence-corrected chi connectivity index (χ1v) is 11.6. The average Bonchev–Trinajstić information content (AvgIpc) is 2.89. The molecule has 0 fully saturated rings. The molecule has 36 heavy (non-hydrogen) atoms. The number of amides is 1. The molecular formula is C28H27NO7. The Balaban J connectivity index is 1.53. The van der Waals surface area contributed by atoms with Gasteiger partial charge in [-0.15, -0.1) is 0 Å². The number of ether oxygens (including phenoxy) is 3. The molecule has 0 aliphatic rings. The van der Waals surface area contributed by atoms with Gasteiger partial charge in [0.15, 0.2) is 0 Å². The third-order valence-electron chi connectivity index (χ3n) is 5.87. The van der Waals surface area contributed by atoms with Gasteiger partial charge in [0.2, 0.25) is 0 Å². The molecule has 1 N–H and O–H groups in total. The highest BCUT2D eigenvalue weighted by atomic mass is 16.6. The molecule has 4 rings (SSSR count). The van der Waals surface area contributed by atoms with Crippen LogP contribution in [0.15, 0.2) is 69.9 Å². The second-order valence-corrected chi connectivity index (χ2v) is 8.33. The monoisotopic (exact) mass is 489 g/mol. The number of hydrogen-bond acceptors (Lipinski definition) is 7. The Morgan fingerprint density at radius 3 is 2.47 bits per heavy atom. The summed E-state index contributed by atoms with van der Waals surface area (Å²) in [5.74, 6) is 0.154. The minimum absolute atomic E-state index is 0.0865. The Hall–Kier alpha value is -4.33. The minimum Gasteiger partial charge on any atom is -0.497 e. The summed E-state index contributed by atoms with van der Waals surface area (Å²) in [5.41, 5.74) is 1.14. The fraction of sp³-hybridized carbons (Fsp3) is 0.250. The van der Waals surface area contributed by atoms with Gasteiger partial charge in [0.25, 0.3) is 0 Å². The lowest BCUT2D eigenvalue weighted by molar-refractivity contribution is -0.136. The van der Waals surface area contributed by atoms with Crippen molar-refractivity contribution in [3.05, 3.63) is 82.2 Å². The topological polar surface area (TPSA) is 104 Å². The molecule has 0 aliphatic heterocycles. The Bertz CT molecular complexity index is 1460. The number of esters is 1. The van der Waals surface area contributed by atoms with Crippen molar-refractivity contribution in [2.75, 3.05) is 7.11 Å². The molecule has 3 aromatic carbocycles. The molecule has 1 atom stereocenters. The summed E-state index contributed by atoms with van der Waals surface area (Å²) in [6.07, 6.45) is 0.296. The lowest BCUT2D eigenvalue weighted by Gasteiger charge is -2.18. The van der Waals surface area contributed by atoms with Crippen LogP contribution in [-0.4, -0.2) is 25.2 Å². The number of methoxy groups -OCH3 is 1. The zero-order valence-corrected chi connectivity index (χ0v) is 20.3. The quantitative estimate of drug-likeness (QED) is 0.156. The molecule has 8 nitrogen and oxygen atoms in total. The molecule has 186 valence electrons. The maximum atomic E-state index is 13.0. The fourth-order valence-corrected chi connectivity index (χ4v) is 3.95. The van der Waals surface area contributed by atoms with Crippen LogP contribution in [0.2, 0.25) is 0 Å². The summed E-state index contributed by atoms with van der Waals surface area (Å²) in [5, 5.41) is 4.39. The van der Waals surface area contributed by atoms with Crippen LogP contribution in [0.4, 0.5) is 4.79 Å². The fourth-order valence-electron chi connectivity index (χ4n) is 3.95. The number of benzene rings is 3. The Kier molecular flexibility index (Phi) is 7.53. The molecule has 0 unspecified atom stereocenters. The number of hydrogen-bond donors (Lipinski definition) is 1. The normalized spacial score (nSPS) is 11.8. The molecule has 0 bridgehead atoms. The molecule has 1 aromatic heterocycles. The van der Waals surface area contributed by atoms with Crippen molar-refractivity contribution < 1.29 is 28.2 Å². The van der Waals surface area contributed by atoms with Gasteiger partial charge in [-0.25, -0.2) is 14.4 Å². The Morgan fingerprint density at radius 1 is 1.00 bits per heavy atom. The minimum atomic E-state index is -0.899. The maximum Gasteiger partial charge on any atom is 0.408 e. The summed E-state index contributed by atoms with van der Waals surface area (Å²) in [6.45, 7) is 3.69. The predicted octanol–water partition coefficient (Wildman–Crippen LogP) is 5.26. The summed E-state index contributed by atoms with van der Waals surface area (Å²) < 4.78 is 21.7. The van der Waals surface area contributed by atoms with E-state index in [-0.39, 0.29) is 12.4 Å². The number of aryl methyl sites for hydroxylation is 1. The summed E-state index contributed by atoms with van der Waals surface area (Å²) in [4.78, 5) is 37.9. The van der Waals surface area contributed by atoms with Gasteiger partial charge in [0, 0.05) is 16.3 Å². The van der Waals surface area contributed by atoms with Gasteiger partial charge in [-0.3, -0.25) is 0 Å². The zero-order valence-electron chi connectivity index (χ0n) is 20.3. The molecule has 0 spiro atoms. The van der Waals surface area contributed by atoms with Gasteiger partial charge in [-0.2, -0.15) is 0 Å². The average molecular weight is 490 g/mol. The van der Waals surface area contributed by atoms with Crippen LogP contribution in [0.5, 0.6) is 11.5 Å². The van der Waals surface area contributed by atoms with Crippen molar-refractivity contribution in [3.8, 4) is 11.5 Å². The number of fused-ring (bicyclic) bond motifs is 3. The van der Waals surface area contributed by atoms with Crippen LogP contribution in [0.25, 0.3) is 21.7 Å². The van der Waals surface area contributed by atoms with Crippen molar-refractivity contribution in [2.45, 2.75) is 39.3 Å². The van der Waals surface area contributed by atoms with Gasteiger partial charge < -0.3 is 23.9 Å². The SMILES string of the molecule is CCC[C@H](NC(=O)OCc1ccccc1)C(=O)Oc1ccc2c(oc(=O)c3cc(OC)ccc32)c1C. The number of carbonyl (C=O) groups excluding carboxylic acids is 2. The summed E-state index contributed by atoms with van der Waals surface area (Å²) in [6, 6.07) is 16.9. The van der Waals surface area contributed by atoms with E-state index in [0.717, 1.165) is 5.56 Å². The van der Waals surface area contributed by atoms with Crippen LogP contribution < -0.4 is 20.4 Å². The van der Waals surface area contributed by atoms with Gasteiger partial charge in [0.1, 0.15) is 29.7 Å². The number of nitrogens with one attached hydrogen (secondary N) is 1. The lowest BCUT2D eigenvalue weighted by atomic mass is 10.0. The van der Waals surface area contributed by atoms with E-state index in [4.69, 9.17) is 18.6 Å². The van der Waals surface area contributed by atoms with Gasteiger partial charge in [-0.1, -0.05) is 43.7 Å². The van der Waals surface area contributed by atoms with E-state index in [1.807, 2.05) is 37.3 Å². The first-order valence-electron chi connectivity index (χ1n) is 11.6. The van der Waals surface area contributed by atoms with E-state index in [1.54, 1.807) is 37.3 Å². The molecule has 0 saturated heterocycles. The second-order valence-electron chi connectivity index (χ2n) is 8.33. The van der Waals surface area contributed by atoms with Gasteiger partial charge >= 0.3 is 17.7 Å². The standard InChI is InChI=1S/C28H27NO7/c1-4-8-23(29-28(32)34-16-18-9-6-5-7-10-18)27(31)35-24-14-13-21-20-12-11-19(33-3)15-22(20)26(30)36-25(21)17(24)2/h5-7,9-15,23H,4,8,16H2,1-3H3,(H,29,32)/t23-/m0/s1. The maximum absolute atomic E-state index is 13.0. The predicted molar refractivity (Wildman–Crippen MR) is 135 cm³/mol. The van der Waals surface area contributed by atoms with Crippen LogP contribution in [0.3, 0.4) is 0 Å². The largest absolute Gasteiger partial charge is 0.497 e. The number of alkyl carbamates (subject to hydrolysis) is 1. The second kappa shape index (κ2) is 10.9. The van der Waals surface area contributed by atoms with E-state index in [9.17, 15) is 14.4 Å². The first kappa shape index (κ1) is 24.8. The van der Waals surface area contributed by atoms with E-state index in [0.29, 0.717) is 45.9 Å². The molecule has 4 aromatic rings.